The number of nitrogens with one attached hydrogen (secondary N) is 2. The minimum absolute atomic E-state index is 0. The minimum Gasteiger partial charge on any atom is -0.355 e. The maximum atomic E-state index is 12.0. The first-order chi connectivity index (χ1) is 13.9. The van der Waals surface area contributed by atoms with Gasteiger partial charge in [0.15, 0.2) is 5.96 Å². The highest BCUT2D eigenvalue weighted by atomic mass is 127. The van der Waals surface area contributed by atoms with Gasteiger partial charge < -0.3 is 15.5 Å². The van der Waals surface area contributed by atoms with E-state index in [0.29, 0.717) is 5.96 Å². The molecule has 2 aromatic carbocycles. The van der Waals surface area contributed by atoms with Crippen molar-refractivity contribution in [1.82, 2.24) is 15.5 Å². The molecule has 1 saturated carbocycles. The van der Waals surface area contributed by atoms with E-state index in [1.165, 1.54) is 5.56 Å². The number of nitrogens with zero attached hydrogens (tertiary/aromatic N) is 2. The second-order valence-corrected chi connectivity index (χ2v) is 8.31. The van der Waals surface area contributed by atoms with Gasteiger partial charge in [-0.2, -0.15) is 0 Å². The Morgan fingerprint density at radius 3 is 2.47 bits per heavy atom. The van der Waals surface area contributed by atoms with Crippen molar-refractivity contribution in [3.8, 4) is 0 Å². The smallest absolute Gasteiger partial charge is 0.243 e. The number of hydrogen-bond donors (Lipinski definition) is 2. The second-order valence-electron chi connectivity index (χ2n) is 7.87. The Bertz CT molecular complexity index is 869. The first-order valence-corrected chi connectivity index (χ1v) is 10.3. The highest BCUT2D eigenvalue weighted by Crippen LogP contribution is 2.48. The van der Waals surface area contributed by atoms with Gasteiger partial charge in [-0.05, 0) is 43.0 Å². The van der Waals surface area contributed by atoms with E-state index < -0.39 is 0 Å². The molecule has 2 N–H and O–H groups in total. The molecule has 30 heavy (non-hydrogen) atoms. The van der Waals surface area contributed by atoms with Crippen LogP contribution in [0.25, 0.3) is 0 Å². The first kappa shape index (κ1) is 24.5. The molecule has 1 fully saturated rings. The van der Waals surface area contributed by atoms with Gasteiger partial charge in [-0.15, -0.1) is 24.0 Å². The molecule has 0 spiro atoms. The van der Waals surface area contributed by atoms with Crippen LogP contribution >= 0.6 is 35.6 Å². The van der Waals surface area contributed by atoms with Crippen molar-refractivity contribution >= 4 is 47.4 Å². The Balaban J connectivity index is 0.00000320. The van der Waals surface area contributed by atoms with E-state index in [9.17, 15) is 4.79 Å². The molecule has 0 saturated heterocycles. The summed E-state index contributed by atoms with van der Waals surface area (Å²) >= 11 is 6.19. The molecule has 0 aromatic heterocycles. The molecule has 2 aromatic rings. The van der Waals surface area contributed by atoms with Gasteiger partial charge in [0.05, 0.1) is 6.04 Å². The fourth-order valence-electron chi connectivity index (χ4n) is 3.26. The van der Waals surface area contributed by atoms with E-state index in [0.717, 1.165) is 30.0 Å². The Morgan fingerprint density at radius 2 is 1.87 bits per heavy atom. The van der Waals surface area contributed by atoms with E-state index in [2.05, 4.69) is 40.7 Å². The highest BCUT2D eigenvalue weighted by molar-refractivity contribution is 14.0. The van der Waals surface area contributed by atoms with E-state index in [4.69, 9.17) is 11.6 Å². The van der Waals surface area contributed by atoms with Crippen LogP contribution in [0.3, 0.4) is 0 Å². The van der Waals surface area contributed by atoms with Gasteiger partial charge in [0.2, 0.25) is 5.91 Å². The molecule has 3 rings (SSSR count). The number of rotatable bonds is 7. The number of guanidine groups is 1. The van der Waals surface area contributed by atoms with Crippen LogP contribution < -0.4 is 10.6 Å². The summed E-state index contributed by atoms with van der Waals surface area (Å²) in [5.74, 6) is 0.610. The van der Waals surface area contributed by atoms with E-state index in [1.807, 2.05) is 36.4 Å². The normalized spacial score (nSPS) is 15.5. The van der Waals surface area contributed by atoms with Crippen molar-refractivity contribution in [2.45, 2.75) is 31.2 Å². The fourth-order valence-corrected chi connectivity index (χ4v) is 3.45. The minimum atomic E-state index is -0.0329. The number of aliphatic imine (C=N–C) groups is 1. The summed E-state index contributed by atoms with van der Waals surface area (Å²) in [6.07, 6.45) is 2.22. The van der Waals surface area contributed by atoms with E-state index in [1.54, 1.807) is 19.0 Å². The highest BCUT2D eigenvalue weighted by Gasteiger charge is 2.44. The topological polar surface area (TPSA) is 56.7 Å². The average molecular weight is 541 g/mol. The maximum Gasteiger partial charge on any atom is 0.243 e. The van der Waals surface area contributed by atoms with Crippen molar-refractivity contribution in [3.05, 3.63) is 70.7 Å². The van der Waals surface area contributed by atoms with Gasteiger partial charge in [0.25, 0.3) is 0 Å². The Kier molecular flexibility index (Phi) is 8.97. The van der Waals surface area contributed by atoms with Crippen LogP contribution in [-0.2, 0) is 10.2 Å². The summed E-state index contributed by atoms with van der Waals surface area (Å²) in [6.45, 7) is 2.94. The maximum absolute atomic E-state index is 12.0. The third-order valence-electron chi connectivity index (χ3n) is 5.41. The van der Waals surface area contributed by atoms with Crippen LogP contribution in [0.2, 0.25) is 5.02 Å². The van der Waals surface area contributed by atoms with Crippen molar-refractivity contribution in [2.75, 3.05) is 27.2 Å². The number of benzene rings is 2. The number of carbonyl (C=O) groups excluding carboxylic acids is 1. The lowest BCUT2D eigenvalue weighted by atomic mass is 9.96. The molecule has 0 aliphatic heterocycles. The van der Waals surface area contributed by atoms with Crippen molar-refractivity contribution in [3.63, 3.8) is 0 Å². The Labute approximate surface area is 201 Å². The van der Waals surface area contributed by atoms with Crippen molar-refractivity contribution in [1.29, 1.82) is 0 Å². The lowest BCUT2D eigenvalue weighted by Gasteiger charge is -2.22. The largest absolute Gasteiger partial charge is 0.355 e. The third-order valence-corrected chi connectivity index (χ3v) is 5.64. The van der Waals surface area contributed by atoms with Crippen LogP contribution in [0.4, 0.5) is 0 Å². The molecule has 162 valence electrons. The molecular formula is C23H30ClIN4O. The summed E-state index contributed by atoms with van der Waals surface area (Å²) in [5.41, 5.74) is 2.49. The molecule has 0 heterocycles. The average Bonchev–Trinajstić information content (AvgIpc) is 3.51. The molecule has 1 amide bonds. The zero-order valence-corrected chi connectivity index (χ0v) is 20.8. The van der Waals surface area contributed by atoms with Gasteiger partial charge in [-0.25, -0.2) is 4.99 Å². The van der Waals surface area contributed by atoms with E-state index >= 15 is 0 Å². The monoisotopic (exact) mass is 540 g/mol. The molecule has 7 heteroatoms. The molecule has 1 aliphatic rings. The number of hydrogen-bond acceptors (Lipinski definition) is 2. The lowest BCUT2D eigenvalue weighted by molar-refractivity contribution is -0.127. The van der Waals surface area contributed by atoms with Crippen LogP contribution in [0, 0.1) is 0 Å². The van der Waals surface area contributed by atoms with Crippen molar-refractivity contribution < 1.29 is 4.79 Å². The van der Waals surface area contributed by atoms with Crippen molar-refractivity contribution in [2.24, 2.45) is 4.99 Å². The Morgan fingerprint density at radius 1 is 1.17 bits per heavy atom. The SMILES string of the molecule is CC(NC(=NCC(=O)N(C)C)NCC1(c2cccc(Cl)c2)CC1)c1ccccc1.I. The van der Waals surface area contributed by atoms with Crippen LogP contribution in [0.15, 0.2) is 59.6 Å². The predicted molar refractivity (Wildman–Crippen MR) is 135 cm³/mol. The third kappa shape index (κ3) is 6.60. The summed E-state index contributed by atoms with van der Waals surface area (Å²) in [7, 11) is 3.48. The van der Waals surface area contributed by atoms with Gasteiger partial charge in [-0.1, -0.05) is 54.1 Å². The number of amides is 1. The quantitative estimate of drug-likeness (QED) is 0.311. The number of carbonyl (C=O) groups is 1. The molecule has 1 unspecified atom stereocenters. The van der Waals surface area contributed by atoms with Gasteiger partial charge >= 0.3 is 0 Å². The van der Waals surface area contributed by atoms with Crippen LogP contribution in [0.5, 0.6) is 0 Å². The van der Waals surface area contributed by atoms with Gasteiger partial charge in [0.1, 0.15) is 6.54 Å². The molecule has 1 aliphatic carbocycles. The first-order valence-electron chi connectivity index (χ1n) is 9.96. The Hall–Kier alpha value is -1.80. The zero-order valence-electron chi connectivity index (χ0n) is 17.7. The number of halogens is 2. The van der Waals surface area contributed by atoms with Crippen LogP contribution in [0.1, 0.15) is 36.9 Å². The summed E-state index contributed by atoms with van der Waals surface area (Å²) in [6, 6.07) is 18.3. The molecule has 5 nitrogen and oxygen atoms in total. The molecule has 1 atom stereocenters. The molecular weight excluding hydrogens is 511 g/mol. The second kappa shape index (κ2) is 11.0. The molecule has 0 bridgehead atoms. The standard InChI is InChI=1S/C23H29ClN4O.HI/c1-17(18-8-5-4-6-9-18)27-22(25-15-21(29)28(2)3)26-16-23(12-13-23)19-10-7-11-20(24)14-19;/h4-11,14,17H,12-13,15-16H2,1-3H3,(H2,25,26,27);1H. The number of likely N-dealkylation sites (N-methyl/N-ethyl adjacent to an activating group) is 1. The van der Waals surface area contributed by atoms with Crippen LogP contribution in [-0.4, -0.2) is 44.0 Å². The molecule has 0 radical (unpaired) electrons. The van der Waals surface area contributed by atoms with Gasteiger partial charge in [0, 0.05) is 31.1 Å². The predicted octanol–water partition coefficient (Wildman–Crippen LogP) is 4.37. The zero-order chi connectivity index (χ0) is 20.9. The summed E-state index contributed by atoms with van der Waals surface area (Å²) in [5, 5.41) is 7.65. The fraction of sp³-hybridized carbons (Fsp3) is 0.391. The summed E-state index contributed by atoms with van der Waals surface area (Å²) < 4.78 is 0. The van der Waals surface area contributed by atoms with E-state index in [-0.39, 0.29) is 47.9 Å². The van der Waals surface area contributed by atoms with Gasteiger partial charge in [-0.3, -0.25) is 4.79 Å². The summed E-state index contributed by atoms with van der Waals surface area (Å²) in [4.78, 5) is 18.1. The lowest BCUT2D eigenvalue weighted by Crippen LogP contribution is -2.43.